The molecular weight excluding hydrogens is 396 g/mol. The predicted octanol–water partition coefficient (Wildman–Crippen LogP) is 1.04. The maximum Gasteiger partial charge on any atom is 0.326 e. The first kappa shape index (κ1) is 18.8. The van der Waals surface area contributed by atoms with Gasteiger partial charge in [0, 0.05) is 25.0 Å². The lowest BCUT2D eigenvalue weighted by atomic mass is 10.1. The van der Waals surface area contributed by atoms with Gasteiger partial charge < -0.3 is 15.0 Å². The van der Waals surface area contributed by atoms with Crippen LogP contribution in [0.3, 0.4) is 0 Å². The maximum absolute atomic E-state index is 12.7. The molecule has 3 aromatic rings. The standard InChI is InChI=1S/C19H18N4O5S/c1-22-15-9-17(24)16(23-11-18(25)21-29(23,27)28)8-13(15)7-14(19(22)26)20-10-12-5-3-2-4-6-12/h2-9,20,24H,10-11H2,1H3,(H,21,25). The number of nitrogens with zero attached hydrogens (tertiary/aromatic N) is 2. The third-order valence-corrected chi connectivity index (χ3v) is 6.13. The SMILES string of the molecule is Cn1c(=O)c(NCc2ccccc2)cc2cc(N3CC(=O)NS3(=O)=O)c(O)cc21. The number of pyridine rings is 1. The van der Waals surface area contributed by atoms with Crippen LogP contribution in [-0.2, 0) is 28.6 Å². The first-order valence-electron chi connectivity index (χ1n) is 8.74. The van der Waals surface area contributed by atoms with Gasteiger partial charge in [0.25, 0.3) is 11.5 Å². The maximum atomic E-state index is 12.7. The summed E-state index contributed by atoms with van der Waals surface area (Å²) in [5, 5.41) is 14.0. The van der Waals surface area contributed by atoms with E-state index in [-0.39, 0.29) is 17.0 Å². The topological polar surface area (TPSA) is 121 Å². The fourth-order valence-corrected chi connectivity index (χ4v) is 4.43. The number of aryl methyl sites for hydroxylation is 1. The number of aromatic hydroxyl groups is 1. The van der Waals surface area contributed by atoms with Gasteiger partial charge in [0.15, 0.2) is 0 Å². The Morgan fingerprint density at radius 2 is 1.86 bits per heavy atom. The second-order valence-corrected chi connectivity index (χ2v) is 8.29. The van der Waals surface area contributed by atoms with Crippen LogP contribution in [0, 0.1) is 0 Å². The third kappa shape index (κ3) is 3.38. The zero-order valence-electron chi connectivity index (χ0n) is 15.4. The summed E-state index contributed by atoms with van der Waals surface area (Å²) in [6.07, 6.45) is 0. The summed E-state index contributed by atoms with van der Waals surface area (Å²) in [5.41, 5.74) is 1.43. The molecule has 0 saturated carbocycles. The minimum Gasteiger partial charge on any atom is -0.506 e. The van der Waals surface area contributed by atoms with Crippen molar-refractivity contribution < 1.29 is 18.3 Å². The fourth-order valence-electron chi connectivity index (χ4n) is 3.28. The van der Waals surface area contributed by atoms with Gasteiger partial charge in [-0.05, 0) is 17.7 Å². The van der Waals surface area contributed by atoms with Crippen LogP contribution in [0.1, 0.15) is 5.56 Å². The molecule has 0 aliphatic carbocycles. The molecule has 1 aliphatic heterocycles. The summed E-state index contributed by atoms with van der Waals surface area (Å²) < 4.78 is 28.3. The molecule has 3 N–H and O–H groups in total. The van der Waals surface area contributed by atoms with E-state index >= 15 is 0 Å². The highest BCUT2D eigenvalue weighted by molar-refractivity contribution is 7.92. The van der Waals surface area contributed by atoms with Gasteiger partial charge in [-0.2, -0.15) is 8.42 Å². The number of phenolic OH excluding ortho intramolecular Hbond substituents is 1. The first-order chi connectivity index (χ1) is 13.8. The largest absolute Gasteiger partial charge is 0.506 e. The smallest absolute Gasteiger partial charge is 0.326 e. The van der Waals surface area contributed by atoms with E-state index in [9.17, 15) is 23.1 Å². The molecule has 10 heteroatoms. The van der Waals surface area contributed by atoms with Crippen molar-refractivity contribution in [1.29, 1.82) is 0 Å². The highest BCUT2D eigenvalue weighted by Crippen LogP contribution is 2.34. The minimum absolute atomic E-state index is 0.0384. The molecule has 0 spiro atoms. The highest BCUT2D eigenvalue weighted by atomic mass is 32.2. The van der Waals surface area contributed by atoms with E-state index in [1.54, 1.807) is 13.1 Å². The number of carbonyl (C=O) groups is 1. The van der Waals surface area contributed by atoms with Crippen molar-refractivity contribution in [2.24, 2.45) is 7.05 Å². The number of hydrogen-bond acceptors (Lipinski definition) is 6. The molecule has 150 valence electrons. The number of phenols is 1. The van der Waals surface area contributed by atoms with Gasteiger partial charge in [0.05, 0.1) is 11.2 Å². The number of aromatic nitrogens is 1. The number of amides is 1. The predicted molar refractivity (Wildman–Crippen MR) is 109 cm³/mol. The molecule has 4 rings (SSSR count). The normalized spacial score (nSPS) is 15.5. The van der Waals surface area contributed by atoms with E-state index in [0.717, 1.165) is 9.87 Å². The summed E-state index contributed by atoms with van der Waals surface area (Å²) in [4.78, 5) is 24.2. The van der Waals surface area contributed by atoms with Crippen molar-refractivity contribution >= 4 is 38.4 Å². The summed E-state index contributed by atoms with van der Waals surface area (Å²) >= 11 is 0. The molecule has 2 heterocycles. The molecule has 0 radical (unpaired) electrons. The fraction of sp³-hybridized carbons (Fsp3) is 0.158. The van der Waals surface area contributed by atoms with E-state index in [1.165, 1.54) is 16.7 Å². The third-order valence-electron chi connectivity index (χ3n) is 4.73. The Bertz CT molecular complexity index is 1290. The Hall–Kier alpha value is -3.53. The number of hydrogen-bond donors (Lipinski definition) is 3. The Morgan fingerprint density at radius 1 is 1.14 bits per heavy atom. The van der Waals surface area contributed by atoms with Crippen molar-refractivity contribution in [1.82, 2.24) is 9.29 Å². The molecular formula is C19H18N4O5S. The lowest BCUT2D eigenvalue weighted by Crippen LogP contribution is -2.29. The molecule has 1 aliphatic rings. The van der Waals surface area contributed by atoms with Gasteiger partial charge in [-0.1, -0.05) is 30.3 Å². The average molecular weight is 414 g/mol. The van der Waals surface area contributed by atoms with Crippen molar-refractivity contribution in [3.8, 4) is 5.75 Å². The molecule has 1 fully saturated rings. The lowest BCUT2D eigenvalue weighted by Gasteiger charge is -2.18. The minimum atomic E-state index is -4.07. The highest BCUT2D eigenvalue weighted by Gasteiger charge is 2.35. The average Bonchev–Trinajstić information content (AvgIpc) is 2.96. The van der Waals surface area contributed by atoms with Crippen LogP contribution >= 0.6 is 0 Å². The molecule has 0 atom stereocenters. The van der Waals surface area contributed by atoms with E-state index in [1.807, 2.05) is 35.1 Å². The molecule has 1 aromatic heterocycles. The van der Waals surface area contributed by atoms with Gasteiger partial charge in [0.1, 0.15) is 18.0 Å². The Morgan fingerprint density at radius 3 is 2.52 bits per heavy atom. The number of rotatable bonds is 4. The van der Waals surface area contributed by atoms with Gasteiger partial charge in [-0.15, -0.1) is 0 Å². The number of benzene rings is 2. The van der Waals surface area contributed by atoms with Crippen molar-refractivity contribution in [2.75, 3.05) is 16.2 Å². The summed E-state index contributed by atoms with van der Waals surface area (Å²) in [6, 6.07) is 13.9. The Labute approximate surface area is 166 Å². The zero-order chi connectivity index (χ0) is 20.8. The summed E-state index contributed by atoms with van der Waals surface area (Å²) in [6.45, 7) is 0.0116. The first-order valence-corrected chi connectivity index (χ1v) is 10.2. The van der Waals surface area contributed by atoms with Crippen LogP contribution < -0.4 is 19.9 Å². The number of nitrogens with one attached hydrogen (secondary N) is 2. The van der Waals surface area contributed by atoms with Gasteiger partial charge in [-0.3, -0.25) is 9.59 Å². The zero-order valence-corrected chi connectivity index (χ0v) is 16.2. The summed E-state index contributed by atoms with van der Waals surface area (Å²) in [7, 11) is -2.50. The van der Waals surface area contributed by atoms with E-state index in [4.69, 9.17) is 0 Å². The van der Waals surface area contributed by atoms with E-state index in [2.05, 4.69) is 5.32 Å². The molecule has 0 bridgehead atoms. The molecule has 2 aromatic carbocycles. The monoisotopic (exact) mass is 414 g/mol. The molecule has 1 amide bonds. The van der Waals surface area contributed by atoms with Crippen LogP contribution in [0.25, 0.3) is 10.9 Å². The van der Waals surface area contributed by atoms with E-state index in [0.29, 0.717) is 23.1 Å². The molecule has 0 unspecified atom stereocenters. The Balaban J connectivity index is 1.78. The Kier molecular flexibility index (Phi) is 4.42. The quantitative estimate of drug-likeness (QED) is 0.587. The van der Waals surface area contributed by atoms with Crippen LogP contribution in [0.15, 0.2) is 53.3 Å². The van der Waals surface area contributed by atoms with Crippen LogP contribution in [-0.4, -0.2) is 30.5 Å². The molecule has 9 nitrogen and oxygen atoms in total. The van der Waals surface area contributed by atoms with Crippen molar-refractivity contribution in [2.45, 2.75) is 6.54 Å². The van der Waals surface area contributed by atoms with Crippen molar-refractivity contribution in [3.63, 3.8) is 0 Å². The summed E-state index contributed by atoms with van der Waals surface area (Å²) in [5.74, 6) is -1.03. The van der Waals surface area contributed by atoms with E-state index < -0.39 is 22.7 Å². The van der Waals surface area contributed by atoms with Crippen LogP contribution in [0.4, 0.5) is 11.4 Å². The number of fused-ring (bicyclic) bond motifs is 1. The van der Waals surface area contributed by atoms with Crippen LogP contribution in [0.5, 0.6) is 5.75 Å². The lowest BCUT2D eigenvalue weighted by molar-refractivity contribution is -0.117. The second kappa shape index (κ2) is 6.82. The van der Waals surface area contributed by atoms with Gasteiger partial charge in [-0.25, -0.2) is 9.03 Å². The van der Waals surface area contributed by atoms with Gasteiger partial charge in [0.2, 0.25) is 0 Å². The molecule has 29 heavy (non-hydrogen) atoms. The number of carbonyl (C=O) groups excluding carboxylic acids is 1. The van der Waals surface area contributed by atoms with Crippen LogP contribution in [0.2, 0.25) is 0 Å². The van der Waals surface area contributed by atoms with Crippen molar-refractivity contribution in [3.05, 3.63) is 64.4 Å². The second-order valence-electron chi connectivity index (χ2n) is 6.70. The van der Waals surface area contributed by atoms with Gasteiger partial charge >= 0.3 is 10.2 Å². The molecule has 1 saturated heterocycles. The number of anilines is 2.